The Bertz CT molecular complexity index is 1230. The van der Waals surface area contributed by atoms with Crippen molar-refractivity contribution in [2.45, 2.75) is 12.3 Å². The highest BCUT2D eigenvalue weighted by atomic mass is 16.5. The van der Waals surface area contributed by atoms with Crippen molar-refractivity contribution in [1.29, 1.82) is 0 Å². The minimum absolute atomic E-state index is 0.110. The summed E-state index contributed by atoms with van der Waals surface area (Å²) in [6.07, 6.45) is 0.876. The largest absolute Gasteiger partial charge is 0.497 e. The summed E-state index contributed by atoms with van der Waals surface area (Å²) < 4.78 is 11.2. The summed E-state index contributed by atoms with van der Waals surface area (Å²) in [5.41, 5.74) is 12.1. The van der Waals surface area contributed by atoms with E-state index in [9.17, 15) is 0 Å². The Morgan fingerprint density at radius 3 is 2.45 bits per heavy atom. The number of nitrogens with two attached hydrogens (primary N) is 1. The molecule has 1 aliphatic carbocycles. The summed E-state index contributed by atoms with van der Waals surface area (Å²) >= 11 is 0. The summed E-state index contributed by atoms with van der Waals surface area (Å²) in [5, 5.41) is 2.13. The number of fused-ring (bicyclic) bond motifs is 5. The van der Waals surface area contributed by atoms with Gasteiger partial charge in [0.05, 0.1) is 19.9 Å². The lowest BCUT2D eigenvalue weighted by molar-refractivity contribution is 0.389. The fraction of sp³-hybridized carbons (Fsp3) is 0.160. The number of anilines is 1. The van der Waals surface area contributed by atoms with Gasteiger partial charge < -0.3 is 15.2 Å². The third-order valence-corrected chi connectivity index (χ3v) is 5.84. The minimum atomic E-state index is 0.110. The van der Waals surface area contributed by atoms with Gasteiger partial charge in [-0.15, -0.1) is 0 Å². The molecule has 0 saturated carbocycles. The van der Waals surface area contributed by atoms with Gasteiger partial charge >= 0.3 is 0 Å². The van der Waals surface area contributed by atoms with Gasteiger partial charge in [-0.2, -0.15) is 0 Å². The fourth-order valence-electron chi connectivity index (χ4n) is 4.49. The molecule has 29 heavy (non-hydrogen) atoms. The third kappa shape index (κ3) is 2.71. The number of hydrogen-bond donors (Lipinski definition) is 1. The molecular weight excluding hydrogens is 360 g/mol. The number of aromatic nitrogens is 1. The van der Waals surface area contributed by atoms with Crippen LogP contribution < -0.4 is 15.2 Å². The highest BCUT2D eigenvalue weighted by Crippen LogP contribution is 2.48. The van der Waals surface area contributed by atoms with Crippen LogP contribution in [0.2, 0.25) is 0 Å². The van der Waals surface area contributed by atoms with Crippen LogP contribution in [0.4, 0.5) is 5.82 Å². The van der Waals surface area contributed by atoms with Crippen molar-refractivity contribution in [2.24, 2.45) is 0 Å². The Labute approximate surface area is 169 Å². The molecule has 4 nitrogen and oxygen atoms in total. The van der Waals surface area contributed by atoms with E-state index in [1.54, 1.807) is 14.2 Å². The SMILES string of the molecule is COc1ccc(C2Cc3ccccc3-c3nc(N)c4ccccc4c32)c(OC)c1. The Hall–Kier alpha value is -3.53. The van der Waals surface area contributed by atoms with Gasteiger partial charge in [-0.05, 0) is 29.0 Å². The van der Waals surface area contributed by atoms with Gasteiger partial charge in [-0.25, -0.2) is 4.98 Å². The Balaban J connectivity index is 1.84. The molecule has 0 amide bonds. The quantitative estimate of drug-likeness (QED) is 0.530. The van der Waals surface area contributed by atoms with Crippen molar-refractivity contribution in [3.05, 3.63) is 83.4 Å². The van der Waals surface area contributed by atoms with E-state index >= 15 is 0 Å². The van der Waals surface area contributed by atoms with Crippen LogP contribution in [0.3, 0.4) is 0 Å². The molecule has 1 aromatic heterocycles. The summed E-state index contributed by atoms with van der Waals surface area (Å²) in [7, 11) is 3.37. The molecule has 4 aromatic rings. The molecule has 2 N–H and O–H groups in total. The van der Waals surface area contributed by atoms with Gasteiger partial charge in [0.15, 0.2) is 0 Å². The van der Waals surface area contributed by atoms with E-state index in [0.717, 1.165) is 45.5 Å². The molecule has 0 saturated heterocycles. The molecule has 1 unspecified atom stereocenters. The zero-order valence-electron chi connectivity index (χ0n) is 16.5. The van der Waals surface area contributed by atoms with Crippen molar-refractivity contribution in [2.75, 3.05) is 20.0 Å². The average Bonchev–Trinajstić information content (AvgIpc) is 2.78. The van der Waals surface area contributed by atoms with E-state index in [4.69, 9.17) is 20.2 Å². The first-order valence-electron chi connectivity index (χ1n) is 9.69. The lowest BCUT2D eigenvalue weighted by Crippen LogP contribution is -2.16. The predicted molar refractivity (Wildman–Crippen MR) is 117 cm³/mol. The van der Waals surface area contributed by atoms with Gasteiger partial charge in [0.25, 0.3) is 0 Å². The van der Waals surface area contributed by atoms with E-state index in [1.165, 1.54) is 11.1 Å². The molecule has 0 bridgehead atoms. The number of ether oxygens (including phenoxy) is 2. The van der Waals surface area contributed by atoms with Crippen LogP contribution in [-0.2, 0) is 6.42 Å². The van der Waals surface area contributed by atoms with Crippen LogP contribution in [0.25, 0.3) is 22.0 Å². The fourth-order valence-corrected chi connectivity index (χ4v) is 4.49. The van der Waals surface area contributed by atoms with Gasteiger partial charge in [0.1, 0.15) is 17.3 Å². The highest BCUT2D eigenvalue weighted by Gasteiger charge is 2.31. The second-order valence-electron chi connectivity index (χ2n) is 7.33. The van der Waals surface area contributed by atoms with Crippen LogP contribution in [0.1, 0.15) is 22.6 Å². The topological polar surface area (TPSA) is 57.4 Å². The standard InChI is InChI=1S/C25H22N2O2/c1-28-16-11-12-18(22(14-16)29-2)21-13-15-7-3-4-8-17(15)24-23(21)19-9-5-6-10-20(19)25(26)27-24/h3-12,14,21H,13H2,1-2H3,(H2,26,27). The molecule has 1 aliphatic rings. The number of pyridine rings is 1. The van der Waals surface area contributed by atoms with Crippen molar-refractivity contribution in [3.8, 4) is 22.8 Å². The summed E-state index contributed by atoms with van der Waals surface area (Å²) in [5.74, 6) is 2.28. The normalized spacial score (nSPS) is 14.9. The molecule has 144 valence electrons. The Kier molecular flexibility index (Phi) is 4.13. The lowest BCUT2D eigenvalue weighted by Gasteiger charge is -2.30. The molecule has 0 spiro atoms. The first kappa shape index (κ1) is 17.6. The first-order chi connectivity index (χ1) is 14.2. The zero-order chi connectivity index (χ0) is 20.0. The van der Waals surface area contributed by atoms with Crippen molar-refractivity contribution < 1.29 is 9.47 Å². The predicted octanol–water partition coefficient (Wildman–Crippen LogP) is 5.19. The molecule has 0 aliphatic heterocycles. The first-order valence-corrected chi connectivity index (χ1v) is 9.69. The molecular formula is C25H22N2O2. The second kappa shape index (κ2) is 6.82. The number of nitrogen functional groups attached to an aromatic ring is 1. The monoisotopic (exact) mass is 382 g/mol. The molecule has 5 rings (SSSR count). The Morgan fingerprint density at radius 2 is 1.66 bits per heavy atom. The van der Waals surface area contributed by atoms with Crippen molar-refractivity contribution in [3.63, 3.8) is 0 Å². The highest BCUT2D eigenvalue weighted by molar-refractivity contribution is 5.98. The number of rotatable bonds is 3. The maximum absolute atomic E-state index is 6.36. The smallest absolute Gasteiger partial charge is 0.131 e. The van der Waals surface area contributed by atoms with E-state index in [1.807, 2.05) is 24.3 Å². The van der Waals surface area contributed by atoms with Crippen molar-refractivity contribution >= 4 is 16.6 Å². The van der Waals surface area contributed by atoms with Gasteiger partial charge in [-0.3, -0.25) is 0 Å². The molecule has 0 fully saturated rings. The van der Waals surface area contributed by atoms with Gasteiger partial charge in [0.2, 0.25) is 0 Å². The molecule has 1 heterocycles. The van der Waals surface area contributed by atoms with E-state index in [2.05, 4.69) is 42.5 Å². The van der Waals surface area contributed by atoms with E-state index in [-0.39, 0.29) is 5.92 Å². The minimum Gasteiger partial charge on any atom is -0.497 e. The van der Waals surface area contributed by atoms with Gasteiger partial charge in [0, 0.05) is 28.5 Å². The molecule has 1 atom stereocenters. The Morgan fingerprint density at radius 1 is 0.897 bits per heavy atom. The molecule has 0 radical (unpaired) electrons. The van der Waals surface area contributed by atoms with Crippen molar-refractivity contribution in [1.82, 2.24) is 4.98 Å². The van der Waals surface area contributed by atoms with Crippen LogP contribution in [0.15, 0.2) is 66.7 Å². The summed E-state index contributed by atoms with van der Waals surface area (Å²) in [6, 6.07) is 22.7. The zero-order valence-corrected chi connectivity index (χ0v) is 16.5. The van der Waals surface area contributed by atoms with Gasteiger partial charge in [-0.1, -0.05) is 54.6 Å². The van der Waals surface area contributed by atoms with Crippen LogP contribution in [0.5, 0.6) is 11.5 Å². The number of nitrogens with zero attached hydrogens (tertiary/aromatic N) is 1. The molecule has 4 heteroatoms. The van der Waals surface area contributed by atoms with E-state index in [0.29, 0.717) is 5.82 Å². The van der Waals surface area contributed by atoms with E-state index < -0.39 is 0 Å². The number of hydrogen-bond acceptors (Lipinski definition) is 4. The summed E-state index contributed by atoms with van der Waals surface area (Å²) in [4.78, 5) is 4.86. The lowest BCUT2D eigenvalue weighted by atomic mass is 9.75. The average molecular weight is 382 g/mol. The number of methoxy groups -OCH3 is 2. The molecule has 3 aromatic carbocycles. The maximum atomic E-state index is 6.36. The van der Waals surface area contributed by atoms with Crippen LogP contribution >= 0.6 is 0 Å². The number of benzene rings is 3. The second-order valence-corrected chi connectivity index (χ2v) is 7.33. The maximum Gasteiger partial charge on any atom is 0.131 e. The third-order valence-electron chi connectivity index (χ3n) is 5.84. The van der Waals surface area contributed by atoms with Crippen LogP contribution in [-0.4, -0.2) is 19.2 Å². The van der Waals surface area contributed by atoms with Crippen LogP contribution in [0, 0.1) is 0 Å². The summed E-state index contributed by atoms with van der Waals surface area (Å²) in [6.45, 7) is 0.